The van der Waals surface area contributed by atoms with Crippen molar-refractivity contribution in [3.63, 3.8) is 0 Å². The van der Waals surface area contributed by atoms with Crippen molar-refractivity contribution in [2.75, 3.05) is 11.9 Å². The molecule has 0 aromatic carbocycles. The second-order valence-corrected chi connectivity index (χ2v) is 5.28. The standard InChI is InChI=1S/C12H18N6OS/c1-5-13-9-15-10(19-8(2)3)17-11(16-9)20-12-14-6-7-18(12)4/h6-8H,5H2,1-4H3,(H,13,15,16,17). The highest BCUT2D eigenvalue weighted by Crippen LogP contribution is 2.24. The third-order valence-electron chi connectivity index (χ3n) is 2.23. The van der Waals surface area contributed by atoms with Crippen molar-refractivity contribution in [3.05, 3.63) is 12.4 Å². The molecular weight excluding hydrogens is 276 g/mol. The monoisotopic (exact) mass is 294 g/mol. The molecule has 2 rings (SSSR count). The van der Waals surface area contributed by atoms with Gasteiger partial charge in [-0.25, -0.2) is 4.98 Å². The lowest BCUT2D eigenvalue weighted by Gasteiger charge is -2.10. The van der Waals surface area contributed by atoms with Crippen LogP contribution in [0, 0.1) is 0 Å². The van der Waals surface area contributed by atoms with E-state index >= 15 is 0 Å². The fraction of sp³-hybridized carbons (Fsp3) is 0.500. The summed E-state index contributed by atoms with van der Waals surface area (Å²) in [6.45, 7) is 6.58. The van der Waals surface area contributed by atoms with E-state index in [1.54, 1.807) is 6.20 Å². The smallest absolute Gasteiger partial charge is 0.322 e. The largest absolute Gasteiger partial charge is 0.461 e. The van der Waals surface area contributed by atoms with E-state index in [9.17, 15) is 0 Å². The van der Waals surface area contributed by atoms with Gasteiger partial charge in [0.1, 0.15) is 0 Å². The highest BCUT2D eigenvalue weighted by atomic mass is 32.2. The van der Waals surface area contributed by atoms with Gasteiger partial charge in [0.25, 0.3) is 0 Å². The van der Waals surface area contributed by atoms with Crippen LogP contribution in [-0.4, -0.2) is 37.2 Å². The Labute approximate surface area is 122 Å². The van der Waals surface area contributed by atoms with Crippen molar-refractivity contribution in [1.29, 1.82) is 0 Å². The maximum Gasteiger partial charge on any atom is 0.322 e. The quantitative estimate of drug-likeness (QED) is 0.872. The molecule has 0 atom stereocenters. The number of aromatic nitrogens is 5. The molecule has 0 radical (unpaired) electrons. The summed E-state index contributed by atoms with van der Waals surface area (Å²) < 4.78 is 7.46. The van der Waals surface area contributed by atoms with Gasteiger partial charge in [0.05, 0.1) is 6.10 Å². The van der Waals surface area contributed by atoms with Crippen LogP contribution in [0.5, 0.6) is 6.01 Å². The van der Waals surface area contributed by atoms with Crippen molar-refractivity contribution >= 4 is 17.7 Å². The molecule has 0 bridgehead atoms. The molecule has 0 fully saturated rings. The van der Waals surface area contributed by atoms with Crippen LogP contribution in [0.2, 0.25) is 0 Å². The molecule has 7 nitrogen and oxygen atoms in total. The van der Waals surface area contributed by atoms with E-state index in [0.29, 0.717) is 17.1 Å². The summed E-state index contributed by atoms with van der Waals surface area (Å²) in [6, 6.07) is 0.322. The summed E-state index contributed by atoms with van der Waals surface area (Å²) in [5.41, 5.74) is 0. The highest BCUT2D eigenvalue weighted by Gasteiger charge is 2.12. The molecule has 108 valence electrons. The molecule has 2 heterocycles. The number of imidazole rings is 1. The third-order valence-corrected chi connectivity index (χ3v) is 3.17. The molecule has 8 heteroatoms. The number of nitrogens with zero attached hydrogens (tertiary/aromatic N) is 5. The van der Waals surface area contributed by atoms with Crippen molar-refractivity contribution in [2.24, 2.45) is 7.05 Å². The summed E-state index contributed by atoms with van der Waals surface area (Å²) >= 11 is 1.37. The maximum atomic E-state index is 5.55. The van der Waals surface area contributed by atoms with Crippen LogP contribution in [0.1, 0.15) is 20.8 Å². The van der Waals surface area contributed by atoms with Crippen LogP contribution in [0.3, 0.4) is 0 Å². The zero-order valence-corrected chi connectivity index (χ0v) is 12.8. The van der Waals surface area contributed by atoms with Crippen LogP contribution >= 0.6 is 11.8 Å². The van der Waals surface area contributed by atoms with Gasteiger partial charge in [0.2, 0.25) is 11.1 Å². The molecular formula is C12H18N6OS. The molecule has 0 saturated heterocycles. The minimum atomic E-state index is 0.0119. The predicted molar refractivity (Wildman–Crippen MR) is 77.1 cm³/mol. The van der Waals surface area contributed by atoms with E-state index in [4.69, 9.17) is 4.74 Å². The summed E-state index contributed by atoms with van der Waals surface area (Å²) in [4.78, 5) is 17.1. The van der Waals surface area contributed by atoms with Gasteiger partial charge < -0.3 is 14.6 Å². The lowest BCUT2D eigenvalue weighted by Crippen LogP contribution is -2.12. The van der Waals surface area contributed by atoms with Gasteiger partial charge in [0, 0.05) is 26.0 Å². The summed E-state index contributed by atoms with van der Waals surface area (Å²) in [7, 11) is 1.92. The van der Waals surface area contributed by atoms with Gasteiger partial charge in [-0.2, -0.15) is 15.0 Å². The Morgan fingerprint density at radius 1 is 1.35 bits per heavy atom. The first-order valence-electron chi connectivity index (χ1n) is 6.40. The first-order valence-corrected chi connectivity index (χ1v) is 7.22. The molecule has 0 aliphatic carbocycles. The zero-order valence-electron chi connectivity index (χ0n) is 12.0. The van der Waals surface area contributed by atoms with Crippen LogP contribution in [-0.2, 0) is 7.05 Å². The number of nitrogens with one attached hydrogen (secondary N) is 1. The molecule has 0 saturated carbocycles. The Kier molecular flexibility index (Phi) is 4.78. The predicted octanol–water partition coefficient (Wildman–Crippen LogP) is 1.98. The van der Waals surface area contributed by atoms with Crippen molar-refractivity contribution in [2.45, 2.75) is 37.2 Å². The van der Waals surface area contributed by atoms with Gasteiger partial charge in [-0.3, -0.25) is 0 Å². The fourth-order valence-corrected chi connectivity index (χ4v) is 2.15. The SMILES string of the molecule is CCNc1nc(OC(C)C)nc(Sc2nccn2C)n1. The Morgan fingerprint density at radius 3 is 2.75 bits per heavy atom. The van der Waals surface area contributed by atoms with E-state index in [1.165, 1.54) is 11.8 Å². The first-order chi connectivity index (χ1) is 9.58. The van der Waals surface area contributed by atoms with Crippen LogP contribution in [0.4, 0.5) is 5.95 Å². The lowest BCUT2D eigenvalue weighted by atomic mass is 10.5. The number of ether oxygens (including phenoxy) is 1. The van der Waals surface area contributed by atoms with Crippen LogP contribution < -0.4 is 10.1 Å². The molecule has 0 spiro atoms. The van der Waals surface area contributed by atoms with Gasteiger partial charge in [-0.15, -0.1) is 0 Å². The number of hydrogen-bond donors (Lipinski definition) is 1. The van der Waals surface area contributed by atoms with Gasteiger partial charge in [0.15, 0.2) is 5.16 Å². The summed E-state index contributed by atoms with van der Waals surface area (Å²) in [5, 5.41) is 4.44. The van der Waals surface area contributed by atoms with Crippen molar-refractivity contribution in [1.82, 2.24) is 24.5 Å². The van der Waals surface area contributed by atoms with E-state index in [1.807, 2.05) is 38.6 Å². The lowest BCUT2D eigenvalue weighted by molar-refractivity contribution is 0.219. The molecule has 0 unspecified atom stereocenters. The Bertz CT molecular complexity index is 571. The topological polar surface area (TPSA) is 77.8 Å². The number of anilines is 1. The van der Waals surface area contributed by atoms with E-state index < -0.39 is 0 Å². The van der Waals surface area contributed by atoms with E-state index in [0.717, 1.165) is 11.7 Å². The summed E-state index contributed by atoms with van der Waals surface area (Å²) in [6.07, 6.45) is 3.62. The average molecular weight is 294 g/mol. The van der Waals surface area contributed by atoms with Gasteiger partial charge in [-0.1, -0.05) is 0 Å². The van der Waals surface area contributed by atoms with E-state index in [-0.39, 0.29) is 6.10 Å². The molecule has 0 amide bonds. The van der Waals surface area contributed by atoms with Crippen molar-refractivity contribution in [3.8, 4) is 6.01 Å². The first kappa shape index (κ1) is 14.6. The van der Waals surface area contributed by atoms with Crippen LogP contribution in [0.15, 0.2) is 22.7 Å². The van der Waals surface area contributed by atoms with Crippen molar-refractivity contribution < 1.29 is 4.74 Å². The Morgan fingerprint density at radius 2 is 2.15 bits per heavy atom. The molecule has 20 heavy (non-hydrogen) atoms. The Hall–Kier alpha value is -1.83. The number of aryl methyl sites for hydroxylation is 1. The number of hydrogen-bond acceptors (Lipinski definition) is 7. The van der Waals surface area contributed by atoms with Gasteiger partial charge >= 0.3 is 6.01 Å². The second kappa shape index (κ2) is 6.56. The molecule has 2 aromatic rings. The molecule has 0 aliphatic rings. The minimum absolute atomic E-state index is 0.0119. The normalized spacial score (nSPS) is 10.8. The highest BCUT2D eigenvalue weighted by molar-refractivity contribution is 7.99. The number of rotatable bonds is 6. The van der Waals surface area contributed by atoms with E-state index in [2.05, 4.69) is 25.3 Å². The van der Waals surface area contributed by atoms with Gasteiger partial charge in [-0.05, 0) is 32.5 Å². The Balaban J connectivity index is 2.26. The average Bonchev–Trinajstić information content (AvgIpc) is 2.74. The zero-order chi connectivity index (χ0) is 14.5. The maximum absolute atomic E-state index is 5.55. The molecule has 1 N–H and O–H groups in total. The third kappa shape index (κ3) is 3.83. The minimum Gasteiger partial charge on any atom is -0.461 e. The van der Waals surface area contributed by atoms with Crippen LogP contribution in [0.25, 0.3) is 0 Å². The fourth-order valence-electron chi connectivity index (χ4n) is 1.42. The summed E-state index contributed by atoms with van der Waals surface area (Å²) in [5.74, 6) is 0.509. The molecule has 2 aromatic heterocycles. The molecule has 0 aliphatic heterocycles. The second-order valence-electron chi connectivity index (χ2n) is 4.34.